The minimum absolute atomic E-state index is 0.145. The Morgan fingerprint density at radius 3 is 2.77 bits per heavy atom. The SMILES string of the molecule is CC(OC(=O)COc1ccccc1Cl)C(=O)Nc1ccc2c(c1)OCO2. The van der Waals surface area contributed by atoms with Crippen LogP contribution >= 0.6 is 11.6 Å². The zero-order chi connectivity index (χ0) is 18.5. The number of hydrogen-bond donors (Lipinski definition) is 1. The monoisotopic (exact) mass is 377 g/mol. The summed E-state index contributed by atoms with van der Waals surface area (Å²) >= 11 is 5.93. The first-order valence-corrected chi connectivity index (χ1v) is 8.18. The lowest BCUT2D eigenvalue weighted by atomic mass is 10.2. The molecule has 26 heavy (non-hydrogen) atoms. The average molecular weight is 378 g/mol. The minimum atomic E-state index is -0.997. The molecule has 1 aliphatic rings. The number of fused-ring (bicyclic) bond motifs is 1. The van der Waals surface area contributed by atoms with Gasteiger partial charge in [0.1, 0.15) is 5.75 Å². The summed E-state index contributed by atoms with van der Waals surface area (Å²) in [5, 5.41) is 3.03. The van der Waals surface area contributed by atoms with E-state index in [0.717, 1.165) is 0 Å². The van der Waals surface area contributed by atoms with Gasteiger partial charge < -0.3 is 24.3 Å². The van der Waals surface area contributed by atoms with Gasteiger partial charge in [-0.15, -0.1) is 0 Å². The van der Waals surface area contributed by atoms with Gasteiger partial charge >= 0.3 is 5.97 Å². The maximum Gasteiger partial charge on any atom is 0.344 e. The number of benzene rings is 2. The van der Waals surface area contributed by atoms with Crippen LogP contribution in [0.3, 0.4) is 0 Å². The first-order chi connectivity index (χ1) is 12.5. The normalized spacial score (nSPS) is 13.0. The second-order valence-electron chi connectivity index (χ2n) is 5.41. The number of hydrogen-bond acceptors (Lipinski definition) is 6. The van der Waals surface area contributed by atoms with Crippen molar-refractivity contribution in [3.63, 3.8) is 0 Å². The summed E-state index contributed by atoms with van der Waals surface area (Å²) in [5.41, 5.74) is 0.509. The average Bonchev–Trinajstić information content (AvgIpc) is 3.08. The van der Waals surface area contributed by atoms with Crippen LogP contribution in [0.15, 0.2) is 42.5 Å². The van der Waals surface area contributed by atoms with E-state index in [4.69, 9.17) is 30.5 Å². The van der Waals surface area contributed by atoms with E-state index in [1.807, 2.05) is 0 Å². The molecule has 1 amide bonds. The fourth-order valence-corrected chi connectivity index (χ4v) is 2.39. The molecule has 2 aromatic rings. The molecule has 1 unspecified atom stereocenters. The predicted molar refractivity (Wildman–Crippen MR) is 93.7 cm³/mol. The van der Waals surface area contributed by atoms with Crippen LogP contribution in [0.2, 0.25) is 5.02 Å². The maximum atomic E-state index is 12.2. The highest BCUT2D eigenvalue weighted by Gasteiger charge is 2.20. The number of nitrogens with one attached hydrogen (secondary N) is 1. The van der Waals surface area contributed by atoms with Crippen molar-refractivity contribution < 1.29 is 28.5 Å². The zero-order valence-corrected chi connectivity index (χ0v) is 14.6. The van der Waals surface area contributed by atoms with Crippen molar-refractivity contribution in [1.82, 2.24) is 0 Å². The van der Waals surface area contributed by atoms with Gasteiger partial charge in [0.25, 0.3) is 5.91 Å². The number of esters is 1. The number of halogens is 1. The molecule has 136 valence electrons. The zero-order valence-electron chi connectivity index (χ0n) is 13.9. The van der Waals surface area contributed by atoms with Crippen molar-refractivity contribution in [2.75, 3.05) is 18.7 Å². The van der Waals surface area contributed by atoms with E-state index in [1.165, 1.54) is 6.92 Å². The molecule has 0 fully saturated rings. The van der Waals surface area contributed by atoms with Gasteiger partial charge in [0.05, 0.1) is 5.02 Å². The predicted octanol–water partition coefficient (Wildman–Crippen LogP) is 3.02. The highest BCUT2D eigenvalue weighted by Crippen LogP contribution is 2.34. The molecule has 0 saturated heterocycles. The summed E-state index contributed by atoms with van der Waals surface area (Å²) < 4.78 is 20.8. The molecule has 0 aliphatic carbocycles. The van der Waals surface area contributed by atoms with Crippen molar-refractivity contribution >= 4 is 29.2 Å². The molecule has 0 aromatic heterocycles. The molecular weight excluding hydrogens is 362 g/mol. The van der Waals surface area contributed by atoms with Gasteiger partial charge in [-0.2, -0.15) is 0 Å². The fraction of sp³-hybridized carbons (Fsp3) is 0.222. The van der Waals surface area contributed by atoms with E-state index >= 15 is 0 Å². The lowest BCUT2D eigenvalue weighted by Crippen LogP contribution is -2.31. The Kier molecular flexibility index (Phi) is 5.48. The van der Waals surface area contributed by atoms with Crippen LogP contribution < -0.4 is 19.5 Å². The maximum absolute atomic E-state index is 12.2. The van der Waals surface area contributed by atoms with Gasteiger partial charge in [0.15, 0.2) is 24.2 Å². The third-order valence-electron chi connectivity index (χ3n) is 3.50. The number of rotatable bonds is 6. The van der Waals surface area contributed by atoms with Crippen molar-refractivity contribution in [2.45, 2.75) is 13.0 Å². The Bertz CT molecular complexity index is 825. The molecule has 1 N–H and O–H groups in total. The standard InChI is InChI=1S/C18H16ClNO6/c1-11(26-17(21)9-23-14-5-3-2-4-13(14)19)18(22)20-12-6-7-15-16(8-12)25-10-24-15/h2-8,11H,9-10H2,1H3,(H,20,22). The van der Waals surface area contributed by atoms with E-state index < -0.39 is 18.0 Å². The van der Waals surface area contributed by atoms with Gasteiger partial charge in [-0.05, 0) is 31.2 Å². The Balaban J connectivity index is 1.49. The summed E-state index contributed by atoms with van der Waals surface area (Å²) in [4.78, 5) is 24.0. The molecule has 2 aromatic carbocycles. The van der Waals surface area contributed by atoms with Gasteiger partial charge in [-0.1, -0.05) is 23.7 Å². The van der Waals surface area contributed by atoms with E-state index in [1.54, 1.807) is 42.5 Å². The van der Waals surface area contributed by atoms with Gasteiger partial charge in [0, 0.05) is 11.8 Å². The van der Waals surface area contributed by atoms with Crippen LogP contribution in [0.4, 0.5) is 5.69 Å². The van der Waals surface area contributed by atoms with E-state index in [-0.39, 0.29) is 13.4 Å². The largest absolute Gasteiger partial charge is 0.480 e. The Labute approximate surface area is 154 Å². The lowest BCUT2D eigenvalue weighted by molar-refractivity contribution is -0.155. The Morgan fingerprint density at radius 1 is 1.19 bits per heavy atom. The summed E-state index contributed by atoms with van der Waals surface area (Å²) in [7, 11) is 0. The Morgan fingerprint density at radius 2 is 1.96 bits per heavy atom. The summed E-state index contributed by atoms with van der Waals surface area (Å²) in [6.45, 7) is 1.26. The van der Waals surface area contributed by atoms with Gasteiger partial charge in [0.2, 0.25) is 6.79 Å². The van der Waals surface area contributed by atoms with Crippen LogP contribution in [0.1, 0.15) is 6.92 Å². The van der Waals surface area contributed by atoms with Crippen LogP contribution in [-0.2, 0) is 14.3 Å². The van der Waals surface area contributed by atoms with Gasteiger partial charge in [-0.25, -0.2) is 4.79 Å². The molecule has 1 atom stereocenters. The molecule has 7 nitrogen and oxygen atoms in total. The highest BCUT2D eigenvalue weighted by molar-refractivity contribution is 6.32. The number of amides is 1. The first-order valence-electron chi connectivity index (χ1n) is 7.80. The summed E-state index contributed by atoms with van der Waals surface area (Å²) in [5.74, 6) is 0.358. The van der Waals surface area contributed by atoms with Crippen LogP contribution in [0, 0.1) is 0 Å². The summed E-state index contributed by atoms with van der Waals surface area (Å²) in [6, 6.07) is 11.7. The topological polar surface area (TPSA) is 83.1 Å². The minimum Gasteiger partial charge on any atom is -0.480 e. The second kappa shape index (κ2) is 7.97. The number of ether oxygens (including phenoxy) is 4. The summed E-state index contributed by atoms with van der Waals surface area (Å²) in [6.07, 6.45) is -0.997. The smallest absolute Gasteiger partial charge is 0.344 e. The molecule has 1 heterocycles. The molecule has 0 spiro atoms. The molecule has 8 heteroatoms. The van der Waals surface area contributed by atoms with Crippen LogP contribution in [-0.4, -0.2) is 31.4 Å². The number of para-hydroxylation sites is 1. The first kappa shape index (κ1) is 17.9. The fourth-order valence-electron chi connectivity index (χ4n) is 2.20. The third kappa shape index (κ3) is 4.37. The molecule has 3 rings (SSSR count). The molecule has 0 radical (unpaired) electrons. The molecule has 0 saturated carbocycles. The van der Waals surface area contributed by atoms with Gasteiger partial charge in [-0.3, -0.25) is 4.79 Å². The van der Waals surface area contributed by atoms with Crippen LogP contribution in [0.5, 0.6) is 17.2 Å². The quantitative estimate of drug-likeness (QED) is 0.779. The third-order valence-corrected chi connectivity index (χ3v) is 3.81. The van der Waals surface area contributed by atoms with Crippen LogP contribution in [0.25, 0.3) is 0 Å². The molecule has 1 aliphatic heterocycles. The number of anilines is 1. The van der Waals surface area contributed by atoms with E-state index in [9.17, 15) is 9.59 Å². The van der Waals surface area contributed by atoms with E-state index in [0.29, 0.717) is 28.0 Å². The lowest BCUT2D eigenvalue weighted by Gasteiger charge is -2.14. The van der Waals surface area contributed by atoms with Crippen molar-refractivity contribution in [2.24, 2.45) is 0 Å². The Hall–Kier alpha value is -2.93. The number of carbonyl (C=O) groups excluding carboxylic acids is 2. The van der Waals surface area contributed by atoms with Crippen molar-refractivity contribution in [3.05, 3.63) is 47.5 Å². The van der Waals surface area contributed by atoms with Crippen molar-refractivity contribution in [1.29, 1.82) is 0 Å². The van der Waals surface area contributed by atoms with Crippen molar-refractivity contribution in [3.8, 4) is 17.2 Å². The highest BCUT2D eigenvalue weighted by atomic mass is 35.5. The molecular formula is C18H16ClNO6. The molecule has 0 bridgehead atoms. The number of carbonyl (C=O) groups is 2. The van der Waals surface area contributed by atoms with E-state index in [2.05, 4.69) is 5.32 Å². The second-order valence-corrected chi connectivity index (χ2v) is 5.82.